The molecule has 2 rings (SSSR count). The quantitative estimate of drug-likeness (QED) is 0.469. The Kier molecular flexibility index (Phi) is 4.93. The highest BCUT2D eigenvalue weighted by Crippen LogP contribution is 2.31. The maximum atomic E-state index is 13.5. The van der Waals surface area contributed by atoms with Crippen LogP contribution in [0.5, 0.6) is 11.5 Å². The van der Waals surface area contributed by atoms with Crippen molar-refractivity contribution in [2.24, 2.45) is 11.8 Å². The molecule has 0 aliphatic heterocycles. The lowest BCUT2D eigenvalue weighted by molar-refractivity contribution is -0.275. The molecule has 122 valence electrons. The lowest BCUT2D eigenvalue weighted by atomic mass is 9.83. The van der Waals surface area contributed by atoms with Crippen molar-refractivity contribution in [3.63, 3.8) is 0 Å². The van der Waals surface area contributed by atoms with E-state index in [1.165, 1.54) is 0 Å². The SMILES string of the molecule is CC1CCC(C(=O)Oc2ccc(OC(F)(F)F)c(F)c2)CC1. The Morgan fingerprint density at radius 3 is 2.36 bits per heavy atom. The molecule has 0 aromatic heterocycles. The normalized spacial score (nSPS) is 22.2. The highest BCUT2D eigenvalue weighted by Gasteiger charge is 2.32. The molecule has 3 nitrogen and oxygen atoms in total. The number of hydrogen-bond acceptors (Lipinski definition) is 3. The van der Waals surface area contributed by atoms with Crippen molar-refractivity contribution in [1.29, 1.82) is 0 Å². The van der Waals surface area contributed by atoms with Crippen molar-refractivity contribution in [3.8, 4) is 11.5 Å². The zero-order chi connectivity index (χ0) is 16.3. The molecular formula is C15H16F4O3. The third-order valence-corrected chi connectivity index (χ3v) is 3.70. The predicted octanol–water partition coefficient (Wildman–Crippen LogP) is 4.46. The number of alkyl halides is 3. The van der Waals surface area contributed by atoms with Crippen LogP contribution in [0.3, 0.4) is 0 Å². The van der Waals surface area contributed by atoms with Gasteiger partial charge in [-0.2, -0.15) is 0 Å². The molecule has 0 heterocycles. The summed E-state index contributed by atoms with van der Waals surface area (Å²) < 4.78 is 58.1. The van der Waals surface area contributed by atoms with Gasteiger partial charge in [-0.15, -0.1) is 13.2 Å². The fourth-order valence-electron chi connectivity index (χ4n) is 2.45. The minimum absolute atomic E-state index is 0.129. The molecule has 1 saturated carbocycles. The summed E-state index contributed by atoms with van der Waals surface area (Å²) in [5.74, 6) is -2.48. The van der Waals surface area contributed by atoms with Crippen molar-refractivity contribution in [3.05, 3.63) is 24.0 Å². The van der Waals surface area contributed by atoms with E-state index in [9.17, 15) is 22.4 Å². The molecule has 1 aliphatic rings. The number of esters is 1. The van der Waals surface area contributed by atoms with Crippen LogP contribution < -0.4 is 9.47 Å². The lowest BCUT2D eigenvalue weighted by Gasteiger charge is -2.24. The Balaban J connectivity index is 1.98. The van der Waals surface area contributed by atoms with Gasteiger partial charge < -0.3 is 9.47 Å². The molecule has 0 atom stereocenters. The lowest BCUT2D eigenvalue weighted by Crippen LogP contribution is -2.25. The molecule has 7 heteroatoms. The van der Waals surface area contributed by atoms with Crippen LogP contribution in [0.4, 0.5) is 17.6 Å². The van der Waals surface area contributed by atoms with Crippen molar-refractivity contribution in [2.45, 2.75) is 39.0 Å². The molecule has 0 unspecified atom stereocenters. The summed E-state index contributed by atoms with van der Waals surface area (Å²) in [7, 11) is 0. The minimum Gasteiger partial charge on any atom is -0.426 e. The smallest absolute Gasteiger partial charge is 0.426 e. The standard InChI is InChI=1S/C15H16F4O3/c1-9-2-4-10(5-3-9)14(20)21-11-6-7-13(12(16)8-11)22-15(17,18)19/h6-10H,2-5H2,1H3. The molecule has 1 fully saturated rings. The second-order valence-corrected chi connectivity index (χ2v) is 5.52. The van der Waals surface area contributed by atoms with Gasteiger partial charge >= 0.3 is 12.3 Å². The number of ether oxygens (including phenoxy) is 2. The Bertz CT molecular complexity index is 534. The topological polar surface area (TPSA) is 35.5 Å². The van der Waals surface area contributed by atoms with Crippen molar-refractivity contribution < 1.29 is 31.8 Å². The fraction of sp³-hybridized carbons (Fsp3) is 0.533. The first-order valence-electron chi connectivity index (χ1n) is 7.01. The molecule has 0 radical (unpaired) electrons. The average molecular weight is 320 g/mol. The van der Waals surface area contributed by atoms with Crippen molar-refractivity contribution >= 4 is 5.97 Å². The van der Waals surface area contributed by atoms with Gasteiger partial charge in [0.15, 0.2) is 11.6 Å². The fourth-order valence-corrected chi connectivity index (χ4v) is 2.45. The van der Waals surface area contributed by atoms with Crippen LogP contribution in [0, 0.1) is 17.7 Å². The second-order valence-electron chi connectivity index (χ2n) is 5.52. The number of halogens is 4. The van der Waals surface area contributed by atoms with Gasteiger partial charge in [0, 0.05) is 6.07 Å². The van der Waals surface area contributed by atoms with E-state index in [-0.39, 0.29) is 11.7 Å². The Labute approximate surface area is 125 Å². The summed E-state index contributed by atoms with van der Waals surface area (Å²) in [6, 6.07) is 2.58. The summed E-state index contributed by atoms with van der Waals surface area (Å²) in [5.41, 5.74) is 0. The number of rotatable bonds is 3. The van der Waals surface area contributed by atoms with Gasteiger partial charge in [-0.1, -0.05) is 6.92 Å². The average Bonchev–Trinajstić information content (AvgIpc) is 2.41. The van der Waals surface area contributed by atoms with E-state index in [1.807, 2.05) is 0 Å². The molecular weight excluding hydrogens is 304 g/mol. The van der Waals surface area contributed by atoms with E-state index >= 15 is 0 Å². The van der Waals surface area contributed by atoms with Gasteiger partial charge in [-0.25, -0.2) is 4.39 Å². The van der Waals surface area contributed by atoms with Gasteiger partial charge in [0.2, 0.25) is 0 Å². The molecule has 0 saturated heterocycles. The summed E-state index contributed by atoms with van der Waals surface area (Å²) >= 11 is 0. The number of carbonyl (C=O) groups excluding carboxylic acids is 1. The zero-order valence-electron chi connectivity index (χ0n) is 12.0. The molecule has 22 heavy (non-hydrogen) atoms. The third-order valence-electron chi connectivity index (χ3n) is 3.70. The summed E-state index contributed by atoms with van der Waals surface area (Å²) in [5, 5.41) is 0. The molecule has 0 amide bonds. The second kappa shape index (κ2) is 6.54. The Morgan fingerprint density at radius 1 is 1.18 bits per heavy atom. The largest absolute Gasteiger partial charge is 0.573 e. The van der Waals surface area contributed by atoms with Gasteiger partial charge in [-0.3, -0.25) is 4.79 Å². The molecule has 0 spiro atoms. The van der Waals surface area contributed by atoms with Crippen LogP contribution in [-0.2, 0) is 4.79 Å². The van der Waals surface area contributed by atoms with E-state index in [0.29, 0.717) is 24.8 Å². The van der Waals surface area contributed by atoms with E-state index in [0.717, 1.165) is 25.0 Å². The third kappa shape index (κ3) is 4.61. The van der Waals surface area contributed by atoms with Crippen molar-refractivity contribution in [2.75, 3.05) is 0 Å². The Hall–Kier alpha value is -1.79. The van der Waals surface area contributed by atoms with E-state index < -0.39 is 23.9 Å². The first kappa shape index (κ1) is 16.6. The van der Waals surface area contributed by atoms with Crippen molar-refractivity contribution in [1.82, 2.24) is 0 Å². The van der Waals surface area contributed by atoms with Crippen LogP contribution in [-0.4, -0.2) is 12.3 Å². The highest BCUT2D eigenvalue weighted by molar-refractivity contribution is 5.75. The molecule has 1 aromatic carbocycles. The van der Waals surface area contributed by atoms with Crippen LogP contribution in [0.2, 0.25) is 0 Å². The van der Waals surface area contributed by atoms with Crippen LogP contribution in [0.1, 0.15) is 32.6 Å². The molecule has 0 bridgehead atoms. The molecule has 1 aliphatic carbocycles. The van der Waals surface area contributed by atoms with Gasteiger partial charge in [0.25, 0.3) is 0 Å². The van der Waals surface area contributed by atoms with Crippen LogP contribution in [0.25, 0.3) is 0 Å². The van der Waals surface area contributed by atoms with Gasteiger partial charge in [0.1, 0.15) is 5.75 Å². The first-order valence-corrected chi connectivity index (χ1v) is 7.01. The van der Waals surface area contributed by atoms with Crippen LogP contribution >= 0.6 is 0 Å². The Morgan fingerprint density at radius 2 is 1.82 bits per heavy atom. The van der Waals surface area contributed by atoms with E-state index in [4.69, 9.17) is 4.74 Å². The monoisotopic (exact) mass is 320 g/mol. The number of hydrogen-bond donors (Lipinski definition) is 0. The zero-order valence-corrected chi connectivity index (χ0v) is 12.0. The van der Waals surface area contributed by atoms with Crippen LogP contribution in [0.15, 0.2) is 18.2 Å². The number of benzene rings is 1. The minimum atomic E-state index is -4.97. The maximum Gasteiger partial charge on any atom is 0.573 e. The number of carbonyl (C=O) groups is 1. The highest BCUT2D eigenvalue weighted by atomic mass is 19.4. The summed E-state index contributed by atoms with van der Waals surface area (Å²) in [6.07, 6.45) is -1.72. The summed E-state index contributed by atoms with van der Waals surface area (Å²) in [6.45, 7) is 2.11. The van der Waals surface area contributed by atoms with E-state index in [2.05, 4.69) is 11.7 Å². The molecule has 1 aromatic rings. The van der Waals surface area contributed by atoms with Gasteiger partial charge in [0.05, 0.1) is 5.92 Å². The maximum absolute atomic E-state index is 13.5. The molecule has 0 N–H and O–H groups in total. The van der Waals surface area contributed by atoms with Gasteiger partial charge in [-0.05, 0) is 43.7 Å². The van der Waals surface area contributed by atoms with E-state index in [1.54, 1.807) is 0 Å². The predicted molar refractivity (Wildman–Crippen MR) is 69.8 cm³/mol. The first-order chi connectivity index (χ1) is 10.2. The summed E-state index contributed by atoms with van der Waals surface area (Å²) in [4.78, 5) is 11.9.